The van der Waals surface area contributed by atoms with Crippen molar-refractivity contribution in [3.8, 4) is 5.75 Å². The molecular formula is C17H25NO4S. The summed E-state index contributed by atoms with van der Waals surface area (Å²) >= 11 is 0. The van der Waals surface area contributed by atoms with Gasteiger partial charge in [0, 0.05) is 19.0 Å². The van der Waals surface area contributed by atoms with E-state index in [0.29, 0.717) is 23.7 Å². The third-order valence-electron chi connectivity index (χ3n) is 4.29. The molecule has 0 unspecified atom stereocenters. The molecule has 6 heteroatoms. The Morgan fingerprint density at radius 2 is 1.78 bits per heavy atom. The van der Waals surface area contributed by atoms with Crippen molar-refractivity contribution in [1.82, 2.24) is 4.90 Å². The molecule has 1 aromatic carbocycles. The summed E-state index contributed by atoms with van der Waals surface area (Å²) in [5, 5.41) is 0. The molecule has 1 saturated heterocycles. The zero-order valence-corrected chi connectivity index (χ0v) is 14.8. The summed E-state index contributed by atoms with van der Waals surface area (Å²) in [5.41, 5.74) is 0. The van der Waals surface area contributed by atoms with Gasteiger partial charge < -0.3 is 9.64 Å². The molecule has 1 heterocycles. The molecule has 23 heavy (non-hydrogen) atoms. The minimum Gasteiger partial charge on any atom is -0.497 e. The fourth-order valence-electron chi connectivity index (χ4n) is 2.87. The summed E-state index contributed by atoms with van der Waals surface area (Å²) in [4.78, 5) is 14.1. The van der Waals surface area contributed by atoms with Gasteiger partial charge in [-0.3, -0.25) is 4.79 Å². The molecule has 0 atom stereocenters. The Hall–Kier alpha value is -1.56. The van der Waals surface area contributed by atoms with E-state index in [0.717, 1.165) is 12.8 Å². The fraction of sp³-hybridized carbons (Fsp3) is 0.588. The quantitative estimate of drug-likeness (QED) is 0.826. The van der Waals surface area contributed by atoms with Gasteiger partial charge in [-0.05, 0) is 43.0 Å². The third-order valence-corrected chi connectivity index (χ3v) is 6.19. The van der Waals surface area contributed by atoms with Crippen molar-refractivity contribution in [2.24, 2.45) is 11.8 Å². The van der Waals surface area contributed by atoms with Gasteiger partial charge in [0.05, 0.1) is 17.8 Å². The molecule has 0 saturated carbocycles. The van der Waals surface area contributed by atoms with Crippen LogP contribution in [0.4, 0.5) is 0 Å². The first kappa shape index (κ1) is 17.8. The number of carbonyl (C=O) groups excluding carboxylic acids is 1. The lowest BCUT2D eigenvalue weighted by molar-refractivity contribution is -0.135. The number of hydrogen-bond donors (Lipinski definition) is 0. The zero-order valence-electron chi connectivity index (χ0n) is 14.0. The second-order valence-electron chi connectivity index (χ2n) is 6.38. The monoisotopic (exact) mass is 339 g/mol. The predicted octanol–water partition coefficient (Wildman–Crippen LogP) is 2.36. The molecule has 0 aliphatic carbocycles. The Bertz CT molecular complexity index is 629. The number of sulfone groups is 1. The molecule has 5 nitrogen and oxygen atoms in total. The van der Waals surface area contributed by atoms with Gasteiger partial charge in [0.1, 0.15) is 5.75 Å². The smallest absolute Gasteiger partial charge is 0.225 e. The van der Waals surface area contributed by atoms with E-state index in [1.807, 2.05) is 18.7 Å². The highest BCUT2D eigenvalue weighted by molar-refractivity contribution is 7.91. The van der Waals surface area contributed by atoms with Crippen molar-refractivity contribution >= 4 is 15.7 Å². The number of methoxy groups -OCH3 is 1. The van der Waals surface area contributed by atoms with E-state index in [9.17, 15) is 13.2 Å². The largest absolute Gasteiger partial charge is 0.497 e. The van der Waals surface area contributed by atoms with Crippen LogP contribution in [0.2, 0.25) is 0 Å². The molecule has 2 rings (SSSR count). The van der Waals surface area contributed by atoms with Gasteiger partial charge in [0.15, 0.2) is 9.84 Å². The van der Waals surface area contributed by atoms with E-state index in [1.165, 1.54) is 0 Å². The second kappa shape index (κ2) is 7.34. The Labute approximate surface area is 138 Å². The normalized spacial score (nSPS) is 16.6. The second-order valence-corrected chi connectivity index (χ2v) is 8.41. The average Bonchev–Trinajstić information content (AvgIpc) is 2.54. The van der Waals surface area contributed by atoms with Crippen molar-refractivity contribution in [3.63, 3.8) is 0 Å². The van der Waals surface area contributed by atoms with Gasteiger partial charge in [-0.15, -0.1) is 0 Å². The number of rotatable bonds is 5. The van der Waals surface area contributed by atoms with Crippen LogP contribution >= 0.6 is 0 Å². The van der Waals surface area contributed by atoms with E-state index in [1.54, 1.807) is 31.4 Å². The van der Waals surface area contributed by atoms with Gasteiger partial charge in [-0.1, -0.05) is 13.8 Å². The van der Waals surface area contributed by atoms with Crippen LogP contribution in [0, 0.1) is 11.8 Å². The first-order valence-corrected chi connectivity index (χ1v) is 9.64. The predicted molar refractivity (Wildman–Crippen MR) is 89.2 cm³/mol. The molecule has 128 valence electrons. The molecule has 1 aliphatic rings. The van der Waals surface area contributed by atoms with Crippen molar-refractivity contribution in [2.75, 3.05) is 26.0 Å². The van der Waals surface area contributed by atoms with Crippen LogP contribution in [0.25, 0.3) is 0 Å². The van der Waals surface area contributed by atoms with Crippen molar-refractivity contribution < 1.29 is 17.9 Å². The molecule has 1 amide bonds. The van der Waals surface area contributed by atoms with Crippen molar-refractivity contribution in [2.45, 2.75) is 31.6 Å². The Kier molecular flexibility index (Phi) is 5.68. The summed E-state index contributed by atoms with van der Waals surface area (Å²) in [6.07, 6.45) is 1.49. The Balaban J connectivity index is 1.95. The molecule has 0 aromatic heterocycles. The lowest BCUT2D eigenvalue weighted by Gasteiger charge is -2.33. The molecule has 0 N–H and O–H groups in total. The summed E-state index contributed by atoms with van der Waals surface area (Å²) < 4.78 is 30.1. The summed E-state index contributed by atoms with van der Waals surface area (Å²) in [6, 6.07) is 6.50. The van der Waals surface area contributed by atoms with Crippen molar-refractivity contribution in [1.29, 1.82) is 0 Å². The first-order valence-electron chi connectivity index (χ1n) is 7.99. The van der Waals surface area contributed by atoms with E-state index < -0.39 is 9.84 Å². The highest BCUT2D eigenvalue weighted by Gasteiger charge is 2.28. The van der Waals surface area contributed by atoms with Gasteiger partial charge >= 0.3 is 0 Å². The standard InChI is InChI=1S/C17H25NO4S/c1-13(2)17(19)18-10-8-14(9-11-18)12-23(20,21)16-6-4-15(22-3)5-7-16/h4-7,13-14H,8-12H2,1-3H3. The maximum absolute atomic E-state index is 12.5. The number of hydrogen-bond acceptors (Lipinski definition) is 4. The number of carbonyl (C=O) groups is 1. The number of ether oxygens (including phenoxy) is 1. The van der Waals surface area contributed by atoms with E-state index in [2.05, 4.69) is 0 Å². The van der Waals surface area contributed by atoms with E-state index in [4.69, 9.17) is 4.74 Å². The molecule has 1 aliphatic heterocycles. The van der Waals surface area contributed by atoms with Gasteiger partial charge in [0.2, 0.25) is 5.91 Å². The maximum atomic E-state index is 12.5. The maximum Gasteiger partial charge on any atom is 0.225 e. The number of likely N-dealkylation sites (tertiary alicyclic amines) is 1. The third kappa shape index (κ3) is 4.47. The van der Waals surface area contributed by atoms with Crippen LogP contribution in [0.3, 0.4) is 0 Å². The van der Waals surface area contributed by atoms with Gasteiger partial charge in [-0.25, -0.2) is 8.42 Å². The molecule has 0 bridgehead atoms. The van der Waals surface area contributed by atoms with Gasteiger partial charge in [-0.2, -0.15) is 0 Å². The highest BCUT2D eigenvalue weighted by atomic mass is 32.2. The zero-order chi connectivity index (χ0) is 17.0. The van der Waals surface area contributed by atoms with Crippen LogP contribution in [0.1, 0.15) is 26.7 Å². The van der Waals surface area contributed by atoms with Crippen LogP contribution in [0.15, 0.2) is 29.2 Å². The number of nitrogens with zero attached hydrogens (tertiary/aromatic N) is 1. The minimum atomic E-state index is -3.30. The molecular weight excluding hydrogens is 314 g/mol. The van der Waals surface area contributed by atoms with Crippen LogP contribution in [-0.4, -0.2) is 45.2 Å². The Morgan fingerprint density at radius 1 is 1.22 bits per heavy atom. The number of piperidine rings is 1. The summed E-state index contributed by atoms with van der Waals surface area (Å²) in [7, 11) is -1.75. The first-order chi connectivity index (χ1) is 10.8. The molecule has 1 aromatic rings. The van der Waals surface area contributed by atoms with Crippen LogP contribution in [-0.2, 0) is 14.6 Å². The van der Waals surface area contributed by atoms with E-state index >= 15 is 0 Å². The fourth-order valence-corrected chi connectivity index (χ4v) is 4.57. The highest BCUT2D eigenvalue weighted by Crippen LogP contribution is 2.24. The van der Waals surface area contributed by atoms with Crippen LogP contribution in [0.5, 0.6) is 5.75 Å². The van der Waals surface area contributed by atoms with Gasteiger partial charge in [0.25, 0.3) is 0 Å². The average molecular weight is 339 g/mol. The van der Waals surface area contributed by atoms with Crippen molar-refractivity contribution in [3.05, 3.63) is 24.3 Å². The minimum absolute atomic E-state index is 0.00502. The number of benzene rings is 1. The van der Waals surface area contributed by atoms with Crippen LogP contribution < -0.4 is 4.74 Å². The summed E-state index contributed by atoms with van der Waals surface area (Å²) in [6.45, 7) is 5.09. The SMILES string of the molecule is COc1ccc(S(=O)(=O)CC2CCN(C(=O)C(C)C)CC2)cc1. The lowest BCUT2D eigenvalue weighted by atomic mass is 9.98. The molecule has 0 spiro atoms. The van der Waals surface area contributed by atoms with E-state index in [-0.39, 0.29) is 23.5 Å². The lowest BCUT2D eigenvalue weighted by Crippen LogP contribution is -2.41. The Morgan fingerprint density at radius 3 is 2.26 bits per heavy atom. The molecule has 0 radical (unpaired) electrons. The summed E-state index contributed by atoms with van der Waals surface area (Å²) in [5.74, 6) is 1.04. The topological polar surface area (TPSA) is 63.7 Å². The molecule has 1 fully saturated rings. The number of amides is 1.